The van der Waals surface area contributed by atoms with E-state index in [0.29, 0.717) is 17.4 Å². The van der Waals surface area contributed by atoms with Crippen LogP contribution in [-0.4, -0.2) is 17.1 Å². The maximum absolute atomic E-state index is 10.7. The van der Waals surface area contributed by atoms with Gasteiger partial charge >= 0.3 is 29.6 Å². The fraction of sp³-hybridized carbons (Fsp3) is 0.111. The number of carbonyl (C=O) groups excluding carboxylic acids is 1. The molecule has 0 aliphatic rings. The monoisotopic (exact) mass is 409 g/mol. The molecule has 2 aromatic carbocycles. The molecule has 0 saturated carbocycles. The summed E-state index contributed by atoms with van der Waals surface area (Å²) < 4.78 is 11.9. The summed E-state index contributed by atoms with van der Waals surface area (Å²) in [5.74, 6) is 0.207. The van der Waals surface area contributed by atoms with Crippen molar-refractivity contribution in [2.45, 2.75) is 13.0 Å². The van der Waals surface area contributed by atoms with Crippen LogP contribution in [0.25, 0.3) is 10.9 Å². The molecule has 0 aliphatic carbocycles. The van der Waals surface area contributed by atoms with Crippen molar-refractivity contribution >= 4 is 32.8 Å². The van der Waals surface area contributed by atoms with E-state index in [9.17, 15) is 9.90 Å². The predicted molar refractivity (Wildman–Crippen MR) is 91.1 cm³/mol. The van der Waals surface area contributed by atoms with Crippen LogP contribution >= 0.6 is 15.9 Å². The zero-order valence-corrected chi connectivity index (χ0v) is 17.3. The van der Waals surface area contributed by atoms with Crippen LogP contribution in [-0.2, 0) is 4.79 Å². The Bertz CT molecular complexity index is 886. The summed E-state index contributed by atoms with van der Waals surface area (Å²) in [6.07, 6.45) is -1.02. The largest absolute Gasteiger partial charge is 1.00 e. The molecule has 0 unspecified atom stereocenters. The zero-order chi connectivity index (χ0) is 17.1. The number of hydrogen-bond donors (Lipinski definition) is 0. The van der Waals surface area contributed by atoms with E-state index in [-0.39, 0.29) is 29.6 Å². The number of hydrogen-bond acceptors (Lipinski definition) is 5. The quantitative estimate of drug-likeness (QED) is 0.567. The summed E-state index contributed by atoms with van der Waals surface area (Å²) in [4.78, 5) is 15.1. The number of ether oxygens (including phenoxy) is 2. The Hall–Kier alpha value is -1.60. The number of carboxylic acids is 1. The minimum Gasteiger partial charge on any atom is -0.546 e. The number of rotatable bonds is 5. The maximum atomic E-state index is 10.7. The average Bonchev–Trinajstić information content (AvgIpc) is 2.56. The average molecular weight is 410 g/mol. The van der Waals surface area contributed by atoms with Gasteiger partial charge < -0.3 is 19.4 Å². The first-order chi connectivity index (χ1) is 11.5. The van der Waals surface area contributed by atoms with Gasteiger partial charge in [-0.15, -0.1) is 0 Å². The fourth-order valence-corrected chi connectivity index (χ4v) is 2.44. The smallest absolute Gasteiger partial charge is 0.546 e. The second-order valence-electron chi connectivity index (χ2n) is 5.14. The first kappa shape index (κ1) is 19.7. The molecule has 5 nitrogen and oxygen atoms in total. The molecule has 0 radical (unpaired) electrons. The van der Waals surface area contributed by atoms with Crippen molar-refractivity contribution in [2.24, 2.45) is 0 Å². The molecule has 3 aromatic rings. The summed E-state index contributed by atoms with van der Waals surface area (Å²) in [7, 11) is 0. The van der Waals surface area contributed by atoms with E-state index in [1.165, 1.54) is 6.92 Å². The second kappa shape index (κ2) is 8.67. The van der Waals surface area contributed by atoms with E-state index in [1.807, 2.05) is 24.3 Å². The Morgan fingerprint density at radius 2 is 1.72 bits per heavy atom. The van der Waals surface area contributed by atoms with Crippen LogP contribution < -0.4 is 44.1 Å². The molecular weight excluding hydrogens is 397 g/mol. The summed E-state index contributed by atoms with van der Waals surface area (Å²) >= 11 is 3.42. The van der Waals surface area contributed by atoms with Crippen LogP contribution in [0.2, 0.25) is 0 Å². The van der Waals surface area contributed by atoms with Crippen LogP contribution in [0.15, 0.2) is 59.1 Å². The summed E-state index contributed by atoms with van der Waals surface area (Å²) in [6, 6.07) is 16.2. The van der Waals surface area contributed by atoms with Gasteiger partial charge in [-0.2, -0.15) is 0 Å². The predicted octanol–water partition coefficient (Wildman–Crippen LogP) is 0.311. The van der Waals surface area contributed by atoms with Crippen molar-refractivity contribution in [3.05, 3.63) is 59.1 Å². The number of halogens is 1. The van der Waals surface area contributed by atoms with Gasteiger partial charge in [0.25, 0.3) is 0 Å². The maximum Gasteiger partial charge on any atom is 1.00 e. The summed E-state index contributed by atoms with van der Waals surface area (Å²) in [5.41, 5.74) is 0.824. The normalized spacial score (nSPS) is 11.4. The molecule has 1 heterocycles. The van der Waals surface area contributed by atoms with E-state index in [1.54, 1.807) is 30.3 Å². The number of pyridine rings is 1. The Balaban J connectivity index is 0.00000225. The standard InChI is InChI=1S/C18H14BrNO4.Na/c1-11(18(21)22)23-14-5-7-15(8-6-14)24-17-9-3-12-2-4-13(19)10-16(12)20-17;/h2-11H,1H3,(H,21,22);/q;+1/p-1/t11-;/m1./s1. The van der Waals surface area contributed by atoms with Gasteiger partial charge in [0.15, 0.2) is 0 Å². The van der Waals surface area contributed by atoms with Gasteiger partial charge in [-0.25, -0.2) is 4.98 Å². The SMILES string of the molecule is C[C@@H](Oc1ccc(Oc2ccc3ccc(Br)cc3n2)cc1)C(=O)[O-].[Na+]. The Kier molecular flexibility index (Phi) is 6.84. The van der Waals surface area contributed by atoms with Gasteiger partial charge in [-0.05, 0) is 49.4 Å². The minimum atomic E-state index is -1.26. The second-order valence-corrected chi connectivity index (χ2v) is 6.05. The minimum absolute atomic E-state index is 0. The van der Waals surface area contributed by atoms with Crippen LogP contribution in [0.5, 0.6) is 17.4 Å². The first-order valence-corrected chi connectivity index (χ1v) is 8.02. The number of benzene rings is 2. The molecule has 0 amide bonds. The fourth-order valence-electron chi connectivity index (χ4n) is 2.09. The molecule has 0 aliphatic heterocycles. The molecule has 0 saturated heterocycles. The van der Waals surface area contributed by atoms with Crippen molar-refractivity contribution in [3.63, 3.8) is 0 Å². The van der Waals surface area contributed by atoms with Gasteiger partial charge in [-0.3, -0.25) is 0 Å². The van der Waals surface area contributed by atoms with E-state index in [4.69, 9.17) is 9.47 Å². The molecule has 1 atom stereocenters. The van der Waals surface area contributed by atoms with E-state index in [2.05, 4.69) is 20.9 Å². The van der Waals surface area contributed by atoms with Crippen molar-refractivity contribution in [1.29, 1.82) is 0 Å². The third-order valence-corrected chi connectivity index (χ3v) is 3.81. The molecule has 7 heteroatoms. The molecule has 0 fully saturated rings. The molecule has 122 valence electrons. The van der Waals surface area contributed by atoms with Gasteiger partial charge in [0, 0.05) is 15.9 Å². The van der Waals surface area contributed by atoms with Gasteiger partial charge in [-0.1, -0.05) is 22.0 Å². The number of aromatic nitrogens is 1. The van der Waals surface area contributed by atoms with E-state index < -0.39 is 12.1 Å². The molecule has 1 aromatic heterocycles. The molecule has 0 spiro atoms. The van der Waals surface area contributed by atoms with Crippen LogP contribution in [0.3, 0.4) is 0 Å². The number of carboxylic acid groups (broad SMARTS) is 1. The Labute approximate surface area is 175 Å². The van der Waals surface area contributed by atoms with Crippen molar-refractivity contribution in [3.8, 4) is 17.4 Å². The molecule has 25 heavy (non-hydrogen) atoms. The van der Waals surface area contributed by atoms with Crippen molar-refractivity contribution < 1.29 is 48.9 Å². The number of nitrogens with zero attached hydrogens (tertiary/aromatic N) is 1. The zero-order valence-electron chi connectivity index (χ0n) is 13.7. The van der Waals surface area contributed by atoms with Gasteiger partial charge in [0.1, 0.15) is 17.6 Å². The van der Waals surface area contributed by atoms with Crippen LogP contribution in [0, 0.1) is 0 Å². The summed E-state index contributed by atoms with van der Waals surface area (Å²) in [5, 5.41) is 11.7. The third-order valence-electron chi connectivity index (χ3n) is 3.32. The van der Waals surface area contributed by atoms with Crippen molar-refractivity contribution in [1.82, 2.24) is 4.98 Å². The Morgan fingerprint density at radius 1 is 1.08 bits per heavy atom. The first-order valence-electron chi connectivity index (χ1n) is 7.23. The number of aliphatic carboxylic acids is 1. The molecule has 0 bridgehead atoms. The van der Waals surface area contributed by atoms with E-state index in [0.717, 1.165) is 15.4 Å². The van der Waals surface area contributed by atoms with Gasteiger partial charge in [0.05, 0.1) is 11.5 Å². The summed E-state index contributed by atoms with van der Waals surface area (Å²) in [6.45, 7) is 1.41. The van der Waals surface area contributed by atoms with Crippen LogP contribution in [0.1, 0.15) is 6.92 Å². The number of carbonyl (C=O) groups is 1. The molecular formula is C18H13BrNNaO4. The molecule has 0 N–H and O–H groups in total. The molecule has 3 rings (SSSR count). The third kappa shape index (κ3) is 5.19. The number of fused-ring (bicyclic) bond motifs is 1. The van der Waals surface area contributed by atoms with Gasteiger partial charge in [0.2, 0.25) is 5.88 Å². The van der Waals surface area contributed by atoms with E-state index >= 15 is 0 Å². The Morgan fingerprint density at radius 3 is 2.40 bits per heavy atom. The topological polar surface area (TPSA) is 71.5 Å². The van der Waals surface area contributed by atoms with Crippen LogP contribution in [0.4, 0.5) is 0 Å². The van der Waals surface area contributed by atoms with Crippen molar-refractivity contribution in [2.75, 3.05) is 0 Å².